The molecule has 9 heteroatoms. The molecular weight excluding hydrogens is 350 g/mol. The first-order chi connectivity index (χ1) is 11.0. The summed E-state index contributed by atoms with van der Waals surface area (Å²) in [6, 6.07) is -0.120. The molecular formula is C15H28ClN5O2S. The lowest BCUT2D eigenvalue weighted by Crippen LogP contribution is -2.55. The van der Waals surface area contributed by atoms with Crippen LogP contribution in [0.3, 0.4) is 0 Å². The van der Waals surface area contributed by atoms with E-state index in [-0.39, 0.29) is 24.5 Å². The number of aryl methyl sites for hydroxylation is 1. The van der Waals surface area contributed by atoms with E-state index < -0.39 is 10.2 Å². The van der Waals surface area contributed by atoms with E-state index in [1.54, 1.807) is 21.9 Å². The van der Waals surface area contributed by atoms with Crippen molar-refractivity contribution in [2.24, 2.45) is 7.05 Å². The van der Waals surface area contributed by atoms with Gasteiger partial charge in [0.05, 0.1) is 6.04 Å². The Bertz CT molecular complexity index is 630. The maximum absolute atomic E-state index is 13.2. The molecule has 1 N–H and O–H groups in total. The van der Waals surface area contributed by atoms with Gasteiger partial charge in [0.1, 0.15) is 5.82 Å². The van der Waals surface area contributed by atoms with Crippen LogP contribution in [0.2, 0.25) is 0 Å². The van der Waals surface area contributed by atoms with Crippen LogP contribution in [0.1, 0.15) is 44.0 Å². The fraction of sp³-hybridized carbons (Fsp3) is 0.800. The minimum absolute atomic E-state index is 0. The lowest BCUT2D eigenvalue weighted by Gasteiger charge is -2.39. The molecule has 3 rings (SSSR count). The summed E-state index contributed by atoms with van der Waals surface area (Å²) < 4.78 is 31.5. The van der Waals surface area contributed by atoms with Gasteiger partial charge >= 0.3 is 0 Å². The van der Waals surface area contributed by atoms with Crippen molar-refractivity contribution >= 4 is 22.6 Å². The Morgan fingerprint density at radius 3 is 2.62 bits per heavy atom. The van der Waals surface area contributed by atoms with Crippen molar-refractivity contribution in [3.8, 4) is 0 Å². The highest BCUT2D eigenvalue weighted by Gasteiger charge is 2.39. The van der Waals surface area contributed by atoms with Gasteiger partial charge < -0.3 is 9.88 Å². The highest BCUT2D eigenvalue weighted by Crippen LogP contribution is 2.29. The second-order valence-electron chi connectivity index (χ2n) is 6.54. The molecule has 0 bridgehead atoms. The lowest BCUT2D eigenvalue weighted by molar-refractivity contribution is 0.216. The van der Waals surface area contributed by atoms with E-state index >= 15 is 0 Å². The fourth-order valence-corrected chi connectivity index (χ4v) is 5.41. The van der Waals surface area contributed by atoms with Crippen LogP contribution < -0.4 is 5.32 Å². The molecule has 1 saturated carbocycles. The number of nitrogens with one attached hydrogen (secondary N) is 1. The summed E-state index contributed by atoms with van der Waals surface area (Å²) in [6.45, 7) is 1.76. The molecule has 2 fully saturated rings. The largest absolute Gasteiger partial charge is 0.337 e. The van der Waals surface area contributed by atoms with Gasteiger partial charge in [0.25, 0.3) is 10.2 Å². The summed E-state index contributed by atoms with van der Waals surface area (Å²) >= 11 is 0. The molecule has 0 radical (unpaired) electrons. The topological polar surface area (TPSA) is 70.5 Å². The second-order valence-corrected chi connectivity index (χ2v) is 8.48. The van der Waals surface area contributed by atoms with Crippen molar-refractivity contribution in [3.05, 3.63) is 18.2 Å². The van der Waals surface area contributed by atoms with Crippen molar-refractivity contribution < 1.29 is 8.42 Å². The Kier molecular flexibility index (Phi) is 6.66. The van der Waals surface area contributed by atoms with Crippen LogP contribution in [0.5, 0.6) is 0 Å². The molecule has 1 saturated heterocycles. The van der Waals surface area contributed by atoms with Crippen molar-refractivity contribution in [2.45, 2.75) is 44.2 Å². The lowest BCUT2D eigenvalue weighted by atomic mass is 9.96. The number of nitrogens with zero attached hydrogens (tertiary/aromatic N) is 4. The normalized spacial score (nSPS) is 24.0. The van der Waals surface area contributed by atoms with E-state index in [1.807, 2.05) is 17.8 Å². The monoisotopic (exact) mass is 377 g/mol. The number of hydrogen-bond donors (Lipinski definition) is 1. The van der Waals surface area contributed by atoms with E-state index in [4.69, 9.17) is 0 Å². The molecule has 24 heavy (non-hydrogen) atoms. The van der Waals surface area contributed by atoms with Crippen LogP contribution in [0.15, 0.2) is 12.4 Å². The van der Waals surface area contributed by atoms with E-state index in [9.17, 15) is 8.42 Å². The second kappa shape index (κ2) is 8.14. The summed E-state index contributed by atoms with van der Waals surface area (Å²) in [6.07, 6.45) is 8.97. The molecule has 2 heterocycles. The SMILES string of the molecule is CN(C1CCCCC1)S(=O)(=O)N1CCNCC1c1nccn1C.Cl. The minimum atomic E-state index is -3.48. The molecule has 7 nitrogen and oxygen atoms in total. The van der Waals surface area contributed by atoms with Crippen molar-refractivity contribution in [2.75, 3.05) is 26.7 Å². The van der Waals surface area contributed by atoms with Gasteiger partial charge in [-0.05, 0) is 12.8 Å². The summed E-state index contributed by atoms with van der Waals surface area (Å²) in [7, 11) is 0.168. The van der Waals surface area contributed by atoms with Crippen LogP contribution in [0.25, 0.3) is 0 Å². The zero-order valence-corrected chi connectivity index (χ0v) is 16.0. The van der Waals surface area contributed by atoms with Gasteiger partial charge in [-0.1, -0.05) is 19.3 Å². The maximum Gasteiger partial charge on any atom is 0.282 e. The van der Waals surface area contributed by atoms with Crippen LogP contribution in [0.4, 0.5) is 0 Å². The average molecular weight is 378 g/mol. The Hall–Kier alpha value is -0.670. The van der Waals surface area contributed by atoms with Gasteiger partial charge in [-0.3, -0.25) is 0 Å². The highest BCUT2D eigenvalue weighted by molar-refractivity contribution is 7.86. The molecule has 1 aromatic rings. The average Bonchev–Trinajstić information content (AvgIpc) is 3.01. The number of imidazole rings is 1. The van der Waals surface area contributed by atoms with E-state index in [0.29, 0.717) is 19.6 Å². The zero-order chi connectivity index (χ0) is 16.4. The molecule has 1 atom stereocenters. The molecule has 2 aliphatic rings. The predicted molar refractivity (Wildman–Crippen MR) is 96.3 cm³/mol. The quantitative estimate of drug-likeness (QED) is 0.858. The van der Waals surface area contributed by atoms with E-state index in [0.717, 1.165) is 31.5 Å². The van der Waals surface area contributed by atoms with Crippen molar-refractivity contribution in [3.63, 3.8) is 0 Å². The number of aromatic nitrogens is 2. The minimum Gasteiger partial charge on any atom is -0.337 e. The summed E-state index contributed by atoms with van der Waals surface area (Å²) in [5.74, 6) is 0.790. The van der Waals surface area contributed by atoms with Gasteiger partial charge in [-0.15, -0.1) is 12.4 Å². The number of halogens is 1. The molecule has 1 aromatic heterocycles. The summed E-state index contributed by atoms with van der Waals surface area (Å²) in [5.41, 5.74) is 0. The molecule has 0 amide bonds. The molecule has 0 aromatic carbocycles. The molecule has 1 aliphatic heterocycles. The van der Waals surface area contributed by atoms with Gasteiger partial charge in [0, 0.05) is 52.2 Å². The van der Waals surface area contributed by atoms with Crippen molar-refractivity contribution in [1.82, 2.24) is 23.5 Å². The molecule has 138 valence electrons. The van der Waals surface area contributed by atoms with Crippen LogP contribution in [-0.4, -0.2) is 59.3 Å². The number of hydrogen-bond acceptors (Lipinski definition) is 4. The zero-order valence-electron chi connectivity index (χ0n) is 14.4. The molecule has 1 aliphatic carbocycles. The first-order valence-corrected chi connectivity index (χ1v) is 9.84. The third-order valence-electron chi connectivity index (χ3n) is 5.10. The Balaban J connectivity index is 0.00000208. The van der Waals surface area contributed by atoms with Gasteiger partial charge in [-0.25, -0.2) is 4.98 Å². The standard InChI is InChI=1S/C15H27N5O2S.ClH/c1-18-10-9-17-15(18)14-12-16-8-11-20(14)23(21,22)19(2)13-6-4-3-5-7-13;/h9-10,13-14,16H,3-8,11-12H2,1-2H3;1H. The van der Waals surface area contributed by atoms with E-state index in [2.05, 4.69) is 10.3 Å². The van der Waals surface area contributed by atoms with Crippen molar-refractivity contribution in [1.29, 1.82) is 0 Å². The van der Waals surface area contributed by atoms with Gasteiger partial charge in [0.2, 0.25) is 0 Å². The van der Waals surface area contributed by atoms with Gasteiger partial charge in [0.15, 0.2) is 0 Å². The van der Waals surface area contributed by atoms with Gasteiger partial charge in [-0.2, -0.15) is 17.0 Å². The summed E-state index contributed by atoms with van der Waals surface area (Å²) in [5, 5.41) is 3.29. The first kappa shape index (κ1) is 19.7. The third-order valence-corrected chi connectivity index (χ3v) is 7.16. The first-order valence-electron chi connectivity index (χ1n) is 8.44. The van der Waals surface area contributed by atoms with Crippen LogP contribution >= 0.6 is 12.4 Å². The smallest absolute Gasteiger partial charge is 0.282 e. The molecule has 1 unspecified atom stereocenters. The Morgan fingerprint density at radius 1 is 1.29 bits per heavy atom. The fourth-order valence-electron chi connectivity index (χ4n) is 3.68. The Morgan fingerprint density at radius 2 is 2.00 bits per heavy atom. The number of rotatable bonds is 4. The van der Waals surface area contributed by atoms with E-state index in [1.165, 1.54) is 6.42 Å². The predicted octanol–water partition coefficient (Wildman–Crippen LogP) is 1.30. The maximum atomic E-state index is 13.2. The summed E-state index contributed by atoms with van der Waals surface area (Å²) in [4.78, 5) is 4.37. The molecule has 0 spiro atoms. The highest BCUT2D eigenvalue weighted by atomic mass is 35.5. The van der Waals surface area contributed by atoms with Crippen LogP contribution in [-0.2, 0) is 17.3 Å². The third kappa shape index (κ3) is 3.77. The van der Waals surface area contributed by atoms with Crippen LogP contribution in [0, 0.1) is 0 Å². The Labute approximate surface area is 151 Å². The number of piperazine rings is 1.